The zero-order chi connectivity index (χ0) is 8.97. The van der Waals surface area contributed by atoms with E-state index < -0.39 is 0 Å². The molecular formula is C7H9N3O2. The quantitative estimate of drug-likeness (QED) is 0.664. The first-order valence-electron chi connectivity index (χ1n) is 3.46. The smallest absolute Gasteiger partial charge is 0.315 e. The standard InChI is InChI=1S/C7H9N3O2/c1-3-4-6(11)9-7-8-5(2)10-12-7/h3-4H,1-2H3,(H,8,9,10,11)/b4-3+. The van der Waals surface area contributed by atoms with E-state index in [0.717, 1.165) is 0 Å². The van der Waals surface area contributed by atoms with Crippen LogP contribution >= 0.6 is 0 Å². The number of hydrogen-bond acceptors (Lipinski definition) is 4. The number of rotatable bonds is 2. The van der Waals surface area contributed by atoms with Crippen LogP contribution in [0.1, 0.15) is 12.7 Å². The molecule has 5 nitrogen and oxygen atoms in total. The number of allylic oxidation sites excluding steroid dienone is 1. The molecule has 0 radical (unpaired) electrons. The first-order chi connectivity index (χ1) is 5.72. The molecule has 0 bridgehead atoms. The largest absolute Gasteiger partial charge is 0.328 e. The molecule has 0 spiro atoms. The van der Waals surface area contributed by atoms with Gasteiger partial charge in [0.1, 0.15) is 0 Å². The maximum absolute atomic E-state index is 10.9. The average molecular weight is 167 g/mol. The summed E-state index contributed by atoms with van der Waals surface area (Å²) in [6.07, 6.45) is 3.00. The van der Waals surface area contributed by atoms with Gasteiger partial charge in [-0.05, 0) is 19.9 Å². The molecule has 5 heteroatoms. The lowest BCUT2D eigenvalue weighted by molar-refractivity contribution is -0.112. The van der Waals surface area contributed by atoms with Gasteiger partial charge in [0.15, 0.2) is 5.82 Å². The van der Waals surface area contributed by atoms with E-state index in [1.54, 1.807) is 19.9 Å². The number of aryl methyl sites for hydroxylation is 1. The van der Waals surface area contributed by atoms with Crippen molar-refractivity contribution in [2.45, 2.75) is 13.8 Å². The van der Waals surface area contributed by atoms with E-state index in [2.05, 4.69) is 20.0 Å². The van der Waals surface area contributed by atoms with Crippen molar-refractivity contribution in [1.82, 2.24) is 10.1 Å². The summed E-state index contributed by atoms with van der Waals surface area (Å²) in [4.78, 5) is 14.7. The summed E-state index contributed by atoms with van der Waals surface area (Å²) in [7, 11) is 0. The molecule has 1 aromatic rings. The fraction of sp³-hybridized carbons (Fsp3) is 0.286. The first-order valence-corrected chi connectivity index (χ1v) is 3.46. The number of nitrogens with one attached hydrogen (secondary N) is 1. The summed E-state index contributed by atoms with van der Waals surface area (Å²) in [5.74, 6) is 0.215. The van der Waals surface area contributed by atoms with Crippen molar-refractivity contribution in [2.24, 2.45) is 0 Å². The Labute approximate surface area is 69.5 Å². The highest BCUT2D eigenvalue weighted by Gasteiger charge is 2.03. The minimum absolute atomic E-state index is 0.121. The molecule has 0 fully saturated rings. The molecule has 0 aliphatic heterocycles. The predicted molar refractivity (Wildman–Crippen MR) is 42.5 cm³/mol. The number of carbonyl (C=O) groups is 1. The Hall–Kier alpha value is -1.65. The third kappa shape index (κ3) is 2.19. The summed E-state index contributed by atoms with van der Waals surface area (Å²) in [5.41, 5.74) is 0. The minimum Gasteiger partial charge on any atom is -0.315 e. The molecule has 12 heavy (non-hydrogen) atoms. The second-order valence-corrected chi connectivity index (χ2v) is 2.14. The van der Waals surface area contributed by atoms with Crippen LogP contribution in [0.15, 0.2) is 16.7 Å². The van der Waals surface area contributed by atoms with Gasteiger partial charge in [-0.1, -0.05) is 11.2 Å². The normalized spacial score (nSPS) is 10.5. The molecule has 1 heterocycles. The maximum Gasteiger partial charge on any atom is 0.328 e. The van der Waals surface area contributed by atoms with Crippen molar-refractivity contribution in [3.05, 3.63) is 18.0 Å². The van der Waals surface area contributed by atoms with E-state index >= 15 is 0 Å². The Morgan fingerprint density at radius 2 is 2.42 bits per heavy atom. The molecule has 0 atom stereocenters. The van der Waals surface area contributed by atoms with Crippen molar-refractivity contribution in [1.29, 1.82) is 0 Å². The molecule has 1 rings (SSSR count). The average Bonchev–Trinajstić information content (AvgIpc) is 2.36. The van der Waals surface area contributed by atoms with Crippen LogP contribution in [0.4, 0.5) is 6.01 Å². The molecule has 1 N–H and O–H groups in total. The lowest BCUT2D eigenvalue weighted by Gasteiger charge is -1.90. The van der Waals surface area contributed by atoms with Crippen LogP contribution in [-0.4, -0.2) is 16.0 Å². The molecule has 0 aromatic carbocycles. The van der Waals surface area contributed by atoms with Crippen LogP contribution in [-0.2, 0) is 4.79 Å². The summed E-state index contributed by atoms with van der Waals surface area (Å²) in [5, 5.41) is 5.90. The van der Waals surface area contributed by atoms with Crippen molar-refractivity contribution in [3.8, 4) is 0 Å². The zero-order valence-corrected chi connectivity index (χ0v) is 6.87. The number of aromatic nitrogens is 2. The van der Waals surface area contributed by atoms with Gasteiger partial charge >= 0.3 is 6.01 Å². The molecule has 0 saturated carbocycles. The van der Waals surface area contributed by atoms with E-state index in [-0.39, 0.29) is 11.9 Å². The monoisotopic (exact) mass is 167 g/mol. The fourth-order valence-corrected chi connectivity index (χ4v) is 0.646. The Morgan fingerprint density at radius 1 is 1.67 bits per heavy atom. The molecule has 0 aliphatic carbocycles. The van der Waals surface area contributed by atoms with Gasteiger partial charge in [-0.2, -0.15) is 4.98 Å². The van der Waals surface area contributed by atoms with Crippen LogP contribution in [0.2, 0.25) is 0 Å². The number of carbonyl (C=O) groups excluding carboxylic acids is 1. The second kappa shape index (κ2) is 3.66. The highest BCUT2D eigenvalue weighted by molar-refractivity contribution is 5.97. The van der Waals surface area contributed by atoms with Gasteiger partial charge in [-0.25, -0.2) is 0 Å². The number of amides is 1. The molecule has 0 saturated heterocycles. The van der Waals surface area contributed by atoms with Gasteiger partial charge in [0, 0.05) is 0 Å². The number of anilines is 1. The third-order valence-electron chi connectivity index (χ3n) is 1.08. The topological polar surface area (TPSA) is 68.0 Å². The first kappa shape index (κ1) is 8.45. The Balaban J connectivity index is 2.58. The highest BCUT2D eigenvalue weighted by Crippen LogP contribution is 2.01. The van der Waals surface area contributed by atoms with Crippen LogP contribution in [0, 0.1) is 6.92 Å². The van der Waals surface area contributed by atoms with E-state index in [9.17, 15) is 4.79 Å². The Kier molecular flexibility index (Phi) is 2.57. The SMILES string of the molecule is C/C=C/C(=O)Nc1nc(C)no1. The van der Waals surface area contributed by atoms with Crippen LogP contribution in [0.5, 0.6) is 0 Å². The molecule has 0 aliphatic rings. The summed E-state index contributed by atoms with van der Waals surface area (Å²) in [6.45, 7) is 3.42. The van der Waals surface area contributed by atoms with Crippen molar-refractivity contribution < 1.29 is 9.32 Å². The van der Waals surface area contributed by atoms with Gasteiger partial charge < -0.3 is 4.52 Å². The van der Waals surface area contributed by atoms with Crippen LogP contribution < -0.4 is 5.32 Å². The molecular weight excluding hydrogens is 158 g/mol. The van der Waals surface area contributed by atoms with Crippen molar-refractivity contribution >= 4 is 11.9 Å². The Morgan fingerprint density at radius 3 is 2.92 bits per heavy atom. The van der Waals surface area contributed by atoms with Crippen molar-refractivity contribution in [2.75, 3.05) is 5.32 Å². The van der Waals surface area contributed by atoms with E-state index in [0.29, 0.717) is 5.82 Å². The van der Waals surface area contributed by atoms with Gasteiger partial charge in [-0.15, -0.1) is 0 Å². The third-order valence-corrected chi connectivity index (χ3v) is 1.08. The summed E-state index contributed by atoms with van der Waals surface area (Å²) < 4.78 is 4.65. The van der Waals surface area contributed by atoms with Gasteiger partial charge in [-0.3, -0.25) is 10.1 Å². The lowest BCUT2D eigenvalue weighted by Crippen LogP contribution is -2.07. The zero-order valence-electron chi connectivity index (χ0n) is 6.87. The fourth-order valence-electron chi connectivity index (χ4n) is 0.646. The van der Waals surface area contributed by atoms with E-state index in [1.807, 2.05) is 0 Å². The molecule has 1 amide bonds. The van der Waals surface area contributed by atoms with Gasteiger partial charge in [0.05, 0.1) is 0 Å². The molecule has 1 aromatic heterocycles. The molecule has 0 unspecified atom stereocenters. The highest BCUT2D eigenvalue weighted by atomic mass is 16.5. The maximum atomic E-state index is 10.9. The van der Waals surface area contributed by atoms with E-state index in [4.69, 9.17) is 0 Å². The van der Waals surface area contributed by atoms with Crippen LogP contribution in [0.3, 0.4) is 0 Å². The van der Waals surface area contributed by atoms with Crippen molar-refractivity contribution in [3.63, 3.8) is 0 Å². The summed E-state index contributed by atoms with van der Waals surface area (Å²) in [6, 6.07) is 0.121. The van der Waals surface area contributed by atoms with Crippen LogP contribution in [0.25, 0.3) is 0 Å². The lowest BCUT2D eigenvalue weighted by atomic mass is 10.5. The van der Waals surface area contributed by atoms with Gasteiger partial charge in [0.25, 0.3) is 5.91 Å². The minimum atomic E-state index is -0.277. The Bertz CT molecular complexity index is 303. The van der Waals surface area contributed by atoms with Gasteiger partial charge in [0.2, 0.25) is 0 Å². The number of nitrogens with zero attached hydrogens (tertiary/aromatic N) is 2. The predicted octanol–water partition coefficient (Wildman–Crippen LogP) is 0.893. The second-order valence-electron chi connectivity index (χ2n) is 2.14. The van der Waals surface area contributed by atoms with E-state index in [1.165, 1.54) is 6.08 Å². The summed E-state index contributed by atoms with van der Waals surface area (Å²) >= 11 is 0. The number of hydrogen-bond donors (Lipinski definition) is 1. The molecule has 64 valence electrons.